The summed E-state index contributed by atoms with van der Waals surface area (Å²) in [6.07, 6.45) is 7.96. The number of nitrogens with zero attached hydrogens (tertiary/aromatic N) is 3. The molecular formula is C27H32BrClN4O2. The first kappa shape index (κ1) is 24.6. The minimum atomic E-state index is -0.361. The minimum absolute atomic E-state index is 0.152. The zero-order chi connectivity index (χ0) is 24.5. The second-order valence-corrected chi connectivity index (χ2v) is 11.5. The molecule has 2 aromatic rings. The number of benzene rings is 1. The van der Waals surface area contributed by atoms with Crippen LogP contribution in [0.5, 0.6) is 0 Å². The van der Waals surface area contributed by atoms with E-state index in [9.17, 15) is 9.59 Å². The van der Waals surface area contributed by atoms with E-state index < -0.39 is 0 Å². The van der Waals surface area contributed by atoms with Gasteiger partial charge in [-0.3, -0.25) is 9.78 Å². The van der Waals surface area contributed by atoms with Crippen LogP contribution in [-0.2, 0) is 17.6 Å². The molecule has 2 aliphatic heterocycles. The summed E-state index contributed by atoms with van der Waals surface area (Å²) < 4.78 is 1.01. The van der Waals surface area contributed by atoms with Crippen molar-refractivity contribution in [2.75, 3.05) is 26.2 Å². The van der Waals surface area contributed by atoms with Crippen molar-refractivity contribution in [1.29, 1.82) is 0 Å². The van der Waals surface area contributed by atoms with Crippen molar-refractivity contribution in [3.8, 4) is 0 Å². The highest BCUT2D eigenvalue weighted by Gasteiger charge is 2.36. The van der Waals surface area contributed by atoms with Crippen LogP contribution in [0.3, 0.4) is 0 Å². The molecule has 1 aromatic carbocycles. The van der Waals surface area contributed by atoms with E-state index in [1.54, 1.807) is 4.90 Å². The molecule has 8 heteroatoms. The van der Waals surface area contributed by atoms with Gasteiger partial charge in [0.2, 0.25) is 5.91 Å². The average Bonchev–Trinajstić information content (AvgIpc) is 3.02. The van der Waals surface area contributed by atoms with Crippen molar-refractivity contribution in [1.82, 2.24) is 14.8 Å². The highest BCUT2D eigenvalue weighted by atomic mass is 79.9. The van der Waals surface area contributed by atoms with Crippen LogP contribution in [0, 0.1) is 11.8 Å². The first-order valence-electron chi connectivity index (χ1n) is 12.6. The molecule has 2 saturated heterocycles. The number of aromatic nitrogens is 1. The molecular weight excluding hydrogens is 528 g/mol. The molecule has 35 heavy (non-hydrogen) atoms. The van der Waals surface area contributed by atoms with Crippen LogP contribution in [0.25, 0.3) is 0 Å². The predicted octanol–water partition coefficient (Wildman–Crippen LogP) is 5.15. The lowest BCUT2D eigenvalue weighted by Crippen LogP contribution is -2.44. The van der Waals surface area contributed by atoms with Gasteiger partial charge >= 0.3 is 6.03 Å². The number of nitrogens with two attached hydrogens (primary N) is 1. The number of carbonyl (C=O) groups is 2. The van der Waals surface area contributed by atoms with Gasteiger partial charge in [-0.15, -0.1) is 0 Å². The molecule has 0 radical (unpaired) electrons. The number of amides is 3. The third kappa shape index (κ3) is 5.21. The average molecular weight is 560 g/mol. The van der Waals surface area contributed by atoms with Crippen LogP contribution in [0.15, 0.2) is 34.9 Å². The van der Waals surface area contributed by atoms with Gasteiger partial charge < -0.3 is 15.5 Å². The Morgan fingerprint density at radius 2 is 1.71 bits per heavy atom. The molecule has 0 bridgehead atoms. The second kappa shape index (κ2) is 10.5. The van der Waals surface area contributed by atoms with Crippen molar-refractivity contribution in [3.05, 3.63) is 62.3 Å². The fourth-order valence-corrected chi connectivity index (χ4v) is 6.89. The van der Waals surface area contributed by atoms with Gasteiger partial charge in [0.15, 0.2) is 0 Å². The number of primary amides is 1. The monoisotopic (exact) mass is 558 g/mol. The summed E-state index contributed by atoms with van der Waals surface area (Å²) in [5.41, 5.74) is 10.4. The number of hydrogen-bond acceptors (Lipinski definition) is 3. The highest BCUT2D eigenvalue weighted by molar-refractivity contribution is 9.10. The Morgan fingerprint density at radius 1 is 1.03 bits per heavy atom. The normalized spacial score (nSPS) is 21.3. The number of pyridine rings is 1. The van der Waals surface area contributed by atoms with Gasteiger partial charge in [0.05, 0.1) is 5.69 Å². The molecule has 2 N–H and O–H groups in total. The molecule has 186 valence electrons. The Balaban J connectivity index is 1.29. The first-order chi connectivity index (χ1) is 16.9. The van der Waals surface area contributed by atoms with Gasteiger partial charge in [0.1, 0.15) is 0 Å². The van der Waals surface area contributed by atoms with Crippen LogP contribution in [0.1, 0.15) is 60.4 Å². The number of aryl methyl sites for hydroxylation is 2. The van der Waals surface area contributed by atoms with E-state index in [0.29, 0.717) is 31.3 Å². The number of fused-ring (bicyclic) bond motifs is 2. The van der Waals surface area contributed by atoms with Gasteiger partial charge in [0, 0.05) is 54.2 Å². The molecule has 1 aromatic heterocycles. The summed E-state index contributed by atoms with van der Waals surface area (Å²) in [5, 5.41) is 0.825. The minimum Gasteiger partial charge on any atom is -0.351 e. The number of hydrogen-bond donors (Lipinski definition) is 1. The Bertz CT molecular complexity index is 1110. The van der Waals surface area contributed by atoms with Crippen molar-refractivity contribution in [2.24, 2.45) is 17.6 Å². The molecule has 1 atom stereocenters. The van der Waals surface area contributed by atoms with Gasteiger partial charge in [-0.2, -0.15) is 0 Å². The Morgan fingerprint density at radius 3 is 2.43 bits per heavy atom. The molecule has 1 aliphatic carbocycles. The summed E-state index contributed by atoms with van der Waals surface area (Å²) in [5.74, 6) is 1.11. The molecule has 0 saturated carbocycles. The summed E-state index contributed by atoms with van der Waals surface area (Å²) >= 11 is 10.4. The van der Waals surface area contributed by atoms with Crippen LogP contribution in [0.4, 0.5) is 4.79 Å². The van der Waals surface area contributed by atoms with Crippen molar-refractivity contribution in [2.45, 2.75) is 50.9 Å². The van der Waals surface area contributed by atoms with Crippen molar-refractivity contribution in [3.63, 3.8) is 0 Å². The highest BCUT2D eigenvalue weighted by Crippen LogP contribution is 2.45. The molecule has 3 amide bonds. The van der Waals surface area contributed by atoms with Gasteiger partial charge in [-0.25, -0.2) is 4.79 Å². The third-order valence-corrected chi connectivity index (χ3v) is 8.90. The maximum Gasteiger partial charge on any atom is 0.314 e. The Labute approximate surface area is 220 Å². The lowest BCUT2D eigenvalue weighted by Gasteiger charge is -2.38. The fourth-order valence-electron chi connectivity index (χ4n) is 6.20. The number of likely N-dealkylation sites (tertiary alicyclic amines) is 2. The van der Waals surface area contributed by atoms with E-state index in [1.807, 2.05) is 23.2 Å². The van der Waals surface area contributed by atoms with Crippen molar-refractivity contribution >= 4 is 39.5 Å². The van der Waals surface area contributed by atoms with Gasteiger partial charge in [-0.1, -0.05) is 23.7 Å². The summed E-state index contributed by atoms with van der Waals surface area (Å²) in [6, 6.07) is 8.10. The summed E-state index contributed by atoms with van der Waals surface area (Å²) in [6.45, 7) is 2.84. The number of rotatable bonds is 3. The van der Waals surface area contributed by atoms with Crippen LogP contribution in [0.2, 0.25) is 5.02 Å². The molecule has 5 rings (SSSR count). The zero-order valence-corrected chi connectivity index (χ0v) is 22.2. The molecule has 3 heterocycles. The largest absolute Gasteiger partial charge is 0.351 e. The van der Waals surface area contributed by atoms with E-state index in [0.717, 1.165) is 66.8 Å². The quantitative estimate of drug-likeness (QED) is 0.565. The van der Waals surface area contributed by atoms with Crippen molar-refractivity contribution < 1.29 is 9.59 Å². The van der Waals surface area contributed by atoms with E-state index in [-0.39, 0.29) is 17.9 Å². The molecule has 1 unspecified atom stereocenters. The Kier molecular flexibility index (Phi) is 7.35. The van der Waals surface area contributed by atoms with E-state index >= 15 is 0 Å². The predicted molar refractivity (Wildman–Crippen MR) is 140 cm³/mol. The van der Waals surface area contributed by atoms with Crippen LogP contribution >= 0.6 is 27.5 Å². The standard InChI is InChI=1S/C27H32BrClN4O2/c28-21-15-20-5-4-18-2-1-3-22(29)24(18)25(26(20)31-16-21)19-8-12-32(13-9-19)23(34)14-17-6-10-33(11-7-17)27(30)35/h1-3,15-17,19,25H,4-14H2,(H2,30,35). The van der Waals surface area contributed by atoms with Crippen LogP contribution in [-0.4, -0.2) is 52.9 Å². The summed E-state index contributed by atoms with van der Waals surface area (Å²) in [7, 11) is 0. The fraction of sp³-hybridized carbons (Fsp3) is 0.519. The van der Waals surface area contributed by atoms with E-state index in [1.165, 1.54) is 16.7 Å². The maximum absolute atomic E-state index is 13.1. The molecule has 2 fully saturated rings. The lowest BCUT2D eigenvalue weighted by molar-refractivity contribution is -0.134. The molecule has 3 aliphatic rings. The van der Waals surface area contributed by atoms with Gasteiger partial charge in [-0.05, 0) is 95.1 Å². The Hall–Kier alpha value is -2.12. The summed E-state index contributed by atoms with van der Waals surface area (Å²) in [4.78, 5) is 33.1. The maximum atomic E-state index is 13.1. The number of piperidine rings is 2. The second-order valence-electron chi connectivity index (χ2n) is 10.2. The van der Waals surface area contributed by atoms with Crippen LogP contribution < -0.4 is 5.73 Å². The topological polar surface area (TPSA) is 79.5 Å². The SMILES string of the molecule is NC(=O)N1CCC(CC(=O)N2CCC(C3c4ncc(Br)cc4CCc4cccc(Cl)c43)CC2)CC1. The zero-order valence-electron chi connectivity index (χ0n) is 19.9. The number of halogens is 2. The smallest absolute Gasteiger partial charge is 0.314 e. The third-order valence-electron chi connectivity index (χ3n) is 8.13. The van der Waals surface area contributed by atoms with Gasteiger partial charge in [0.25, 0.3) is 0 Å². The molecule has 0 spiro atoms. The first-order valence-corrected chi connectivity index (χ1v) is 13.8. The lowest BCUT2D eigenvalue weighted by atomic mass is 9.76. The molecule has 6 nitrogen and oxygen atoms in total. The number of urea groups is 1. The van der Waals surface area contributed by atoms with E-state index in [4.69, 9.17) is 22.3 Å². The van der Waals surface area contributed by atoms with E-state index in [2.05, 4.69) is 28.1 Å². The number of carbonyl (C=O) groups excluding carboxylic acids is 2.